The van der Waals surface area contributed by atoms with Gasteiger partial charge in [0.2, 0.25) is 0 Å². The average Bonchev–Trinajstić information content (AvgIpc) is 1.96. The molecule has 458 valence electrons. The van der Waals surface area contributed by atoms with Crippen molar-refractivity contribution in [3.05, 3.63) is 79.5 Å². The Morgan fingerprint density at radius 1 is 0.634 bits per heavy atom. The maximum absolute atomic E-state index is 12.4. The van der Waals surface area contributed by atoms with Gasteiger partial charge in [0.05, 0.1) is 32.2 Å². The minimum Gasteiger partial charge on any atom is -0.378 e. The molecule has 0 bridgehead atoms. The Balaban J connectivity index is 0.000000279. The molecule has 14 heteroatoms. The molecule has 82 heavy (non-hydrogen) atoms. The van der Waals surface area contributed by atoms with Crippen LogP contribution in [0.4, 0.5) is 4.39 Å². The number of rotatable bonds is 22. The molecule has 9 rings (SSSR count). The first-order chi connectivity index (χ1) is 39.1. The van der Waals surface area contributed by atoms with E-state index in [0.29, 0.717) is 47.3 Å². The molecule has 1 aromatic rings. The summed E-state index contributed by atoms with van der Waals surface area (Å²) < 4.78 is 58.2. The van der Waals surface area contributed by atoms with Gasteiger partial charge in [-0.25, -0.2) is 0 Å². The van der Waals surface area contributed by atoms with Gasteiger partial charge in [-0.1, -0.05) is 154 Å². The predicted molar refractivity (Wildman–Crippen MR) is 330 cm³/mol. The molecule has 0 aliphatic heterocycles. The molecule has 6 unspecified atom stereocenters. The van der Waals surface area contributed by atoms with E-state index in [1.54, 1.807) is 35.4 Å². The molecular formula is C68H112FN6NaO5S. The van der Waals surface area contributed by atoms with E-state index >= 15 is 0 Å². The third-order valence-corrected chi connectivity index (χ3v) is 24.9. The van der Waals surface area contributed by atoms with Crippen molar-refractivity contribution in [1.29, 1.82) is 0 Å². The van der Waals surface area contributed by atoms with Crippen LogP contribution in [0.15, 0.2) is 57.6 Å². The van der Waals surface area contributed by atoms with E-state index in [4.69, 9.17) is 31.6 Å². The van der Waals surface area contributed by atoms with Crippen LogP contribution in [0.1, 0.15) is 230 Å². The van der Waals surface area contributed by atoms with Crippen LogP contribution in [0.2, 0.25) is 0 Å². The Labute approximate surface area is 522 Å². The van der Waals surface area contributed by atoms with E-state index in [0.717, 1.165) is 109 Å². The van der Waals surface area contributed by atoms with E-state index in [9.17, 15) is 12.8 Å². The molecule has 8 aliphatic carbocycles. The minimum absolute atomic E-state index is 0. The van der Waals surface area contributed by atoms with Crippen LogP contribution in [0.5, 0.6) is 0 Å². The summed E-state index contributed by atoms with van der Waals surface area (Å²) in [5.74, 6) is 10.6. The largest absolute Gasteiger partial charge is 1.00 e. The number of alkyl halides is 1. The number of allylic oxidation sites excluding steroid dienone is 2. The molecule has 6 saturated carbocycles. The quantitative estimate of drug-likeness (QED) is 0.0214. The number of fused-ring (bicyclic) bond motifs is 10. The molecule has 0 N–H and O–H groups in total. The zero-order chi connectivity index (χ0) is 59.9. The van der Waals surface area contributed by atoms with Crippen molar-refractivity contribution in [2.45, 2.75) is 247 Å². The van der Waals surface area contributed by atoms with Crippen LogP contribution < -0.4 is 29.6 Å². The van der Waals surface area contributed by atoms with Gasteiger partial charge < -0.3 is 20.5 Å². The molecular weight excluding hydrogens is 1050 g/mol. The fraction of sp³-hybridized carbons (Fsp3) is 0.853. The number of azide groups is 1. The Bertz CT molecular complexity index is 2420. The molecule has 11 nitrogen and oxygen atoms in total. The van der Waals surface area contributed by atoms with E-state index < -0.39 is 17.3 Å². The van der Waals surface area contributed by atoms with Crippen LogP contribution in [0.25, 0.3) is 26.4 Å². The standard InChI is InChI=1S/C37H58O4S.C30H51N3O.CH3F.N3.Na/c1-26(2)9-7-10-28(4)33-17-18-34-32-16-13-29-25-30(19-21-36(29,5)35(32)20-22-37(33,34)6)40-23-8-24-41-42(38,39)31-14-11-27(3)12-15-31;1-21(2)8-6-9-22(3)26-12-13-27-25-11-10-23-20-24(34-19-7-18-32-33-31)14-16-29(23,4)28(25)15-17-30(26,27)5;1-2;1-3-2;/h11-15,26,28,30,32-35H,7-10,16-25H2,1-6H3;10,21-22,24-28H,6-9,11-20H2,1-5H3;1H3;;/q;;;-1;+1/t28-,30+,32?,33-,34?,35?,36+,37-;22-,24+,25?,26-,27?,28?,29+,30-;;;/m11.../s1/i;;1D;;. The van der Waals surface area contributed by atoms with Crippen molar-refractivity contribution < 1.29 is 57.4 Å². The normalized spacial score (nSPS) is 35.0. The number of halogens is 1. The van der Waals surface area contributed by atoms with E-state index in [1.807, 2.05) is 6.92 Å². The molecule has 16 atom stereocenters. The van der Waals surface area contributed by atoms with Crippen molar-refractivity contribution >= 4 is 10.1 Å². The fourth-order valence-corrected chi connectivity index (χ4v) is 20.2. The minimum atomic E-state index is -3.71. The van der Waals surface area contributed by atoms with E-state index in [-0.39, 0.29) is 47.2 Å². The third kappa shape index (κ3) is 16.8. The maximum Gasteiger partial charge on any atom is 1.00 e. The summed E-state index contributed by atoms with van der Waals surface area (Å²) in [5, 5.41) is 3.63. The van der Waals surface area contributed by atoms with Crippen molar-refractivity contribution in [3.63, 3.8) is 0 Å². The summed E-state index contributed by atoms with van der Waals surface area (Å²) in [6.07, 6.45) is 36.9. The monoisotopic (exact) mass is 1170 g/mol. The number of aryl methyl sites for hydroxylation is 1. The summed E-state index contributed by atoms with van der Waals surface area (Å²) in [4.78, 5) is 4.56. The van der Waals surface area contributed by atoms with Gasteiger partial charge in [-0.15, -0.1) is 0 Å². The first kappa shape index (κ1) is 69.2. The van der Waals surface area contributed by atoms with Gasteiger partial charge in [-0.2, -0.15) is 8.42 Å². The number of benzene rings is 1. The summed E-state index contributed by atoms with van der Waals surface area (Å²) in [5.41, 5.74) is 28.2. The SMILES string of the molecule is CC(C)CCC[C@@H](C)[C@H]1CCC2C3CC=C4C[C@@H](OCCCN=[N+]=[N-])CC[C@]4(C)C3CC[C@@]21C.Cc1ccc(S(=O)(=O)OCCCO[C@H]2CC[C@@]3(C)C(=CCC4C3CC[C@@]3(C)C4CC[C@@H]3[C@H](C)CCCC(C)C)C2)cc1.[2H]CF.[N-]=[N+]=[N-].[Na+]. The van der Waals surface area contributed by atoms with Crippen molar-refractivity contribution in [1.82, 2.24) is 0 Å². The van der Waals surface area contributed by atoms with Gasteiger partial charge in [0.25, 0.3) is 10.1 Å². The van der Waals surface area contributed by atoms with E-state index in [1.165, 1.54) is 127 Å². The Kier molecular flexibility index (Phi) is 27.3. The predicted octanol–water partition coefficient (Wildman–Crippen LogP) is 17.1. The molecule has 0 saturated heterocycles. The first-order valence-electron chi connectivity index (χ1n) is 33.2. The van der Waals surface area contributed by atoms with Gasteiger partial charge in [0.1, 0.15) is 0 Å². The van der Waals surface area contributed by atoms with Crippen molar-refractivity contribution in [3.8, 4) is 0 Å². The van der Waals surface area contributed by atoms with Gasteiger partial charge in [0, 0.05) is 24.7 Å². The van der Waals surface area contributed by atoms with Crippen molar-refractivity contribution in [2.24, 2.45) is 97.8 Å². The van der Waals surface area contributed by atoms with Gasteiger partial charge >= 0.3 is 29.6 Å². The van der Waals surface area contributed by atoms with Crippen LogP contribution in [-0.4, -0.2) is 54.1 Å². The number of ether oxygens (including phenoxy) is 2. The topological polar surface area (TPSA) is 169 Å². The molecule has 0 radical (unpaired) electrons. The summed E-state index contributed by atoms with van der Waals surface area (Å²) in [6, 6.07) is 6.81. The van der Waals surface area contributed by atoms with Crippen LogP contribution in [0.3, 0.4) is 0 Å². The second-order valence-electron chi connectivity index (χ2n) is 28.9. The van der Waals surface area contributed by atoms with E-state index in [2.05, 4.69) is 91.4 Å². The summed E-state index contributed by atoms with van der Waals surface area (Å²) in [7, 11) is -4.71. The smallest absolute Gasteiger partial charge is 0.378 e. The number of hydrogen-bond donors (Lipinski definition) is 0. The Hall–Kier alpha value is -1.92. The molecule has 8 aliphatic rings. The first-order valence-corrected chi connectivity index (χ1v) is 33.9. The fourth-order valence-electron chi connectivity index (χ4n) is 19.3. The zero-order valence-electron chi connectivity index (χ0n) is 54.6. The Morgan fingerprint density at radius 3 is 1.50 bits per heavy atom. The van der Waals surface area contributed by atoms with Crippen LogP contribution in [-0.2, 0) is 23.8 Å². The summed E-state index contributed by atoms with van der Waals surface area (Å²) >= 11 is 0. The average molecular weight is 1170 g/mol. The third-order valence-electron chi connectivity index (χ3n) is 23.5. The van der Waals surface area contributed by atoms with Crippen molar-refractivity contribution in [2.75, 3.05) is 33.5 Å². The van der Waals surface area contributed by atoms with Gasteiger partial charge in [0.15, 0.2) is 0 Å². The molecule has 0 aromatic heterocycles. The van der Waals surface area contributed by atoms with Crippen LogP contribution in [0, 0.1) is 99.6 Å². The zero-order valence-corrected chi connectivity index (χ0v) is 56.4. The number of nitrogens with zero attached hydrogens (tertiary/aromatic N) is 6. The molecule has 0 spiro atoms. The molecule has 1 aromatic carbocycles. The molecule has 6 fully saturated rings. The number of hydrogen-bond acceptors (Lipinski definition) is 6. The summed E-state index contributed by atoms with van der Waals surface area (Å²) in [6.45, 7) is 29.1. The van der Waals surface area contributed by atoms with Gasteiger partial charge in [-0.3, -0.25) is 13.5 Å². The molecule has 0 heterocycles. The second-order valence-corrected chi connectivity index (χ2v) is 30.5. The second kappa shape index (κ2) is 32.3. The van der Waals surface area contributed by atoms with Crippen LogP contribution >= 0.6 is 0 Å². The molecule has 0 amide bonds. The maximum atomic E-state index is 12.4. The Morgan fingerprint density at radius 2 is 1.07 bits per heavy atom. The van der Waals surface area contributed by atoms with Gasteiger partial charge in [-0.05, 0) is 233 Å².